The largest absolute Gasteiger partial charge is 0.437 e. The van der Waals surface area contributed by atoms with E-state index in [0.29, 0.717) is 16.0 Å². The van der Waals surface area contributed by atoms with Crippen molar-refractivity contribution in [3.8, 4) is 0 Å². The summed E-state index contributed by atoms with van der Waals surface area (Å²) in [4.78, 5) is 19.9. The van der Waals surface area contributed by atoms with Crippen LogP contribution in [0, 0.1) is 0 Å². The molecule has 6 nitrogen and oxygen atoms in total. The Morgan fingerprint density at radius 3 is 2.78 bits per heavy atom. The number of nitrogen functional groups attached to an aromatic ring is 2. The highest BCUT2D eigenvalue weighted by Gasteiger charge is 2.13. The van der Waals surface area contributed by atoms with Crippen molar-refractivity contribution in [2.45, 2.75) is 0 Å². The number of benzene rings is 1. The molecular weight excluding hydrogens is 256 g/mol. The van der Waals surface area contributed by atoms with Crippen LogP contribution in [-0.2, 0) is 0 Å². The van der Waals surface area contributed by atoms with Crippen LogP contribution in [0.25, 0.3) is 22.1 Å². The van der Waals surface area contributed by atoms with Crippen LogP contribution in [0.4, 0.5) is 11.8 Å². The molecule has 0 amide bonds. The maximum absolute atomic E-state index is 12.3. The van der Waals surface area contributed by atoms with Gasteiger partial charge in [0.1, 0.15) is 16.8 Å². The Labute approximate surface area is 105 Å². The molecule has 0 aliphatic heterocycles. The molecule has 90 valence electrons. The van der Waals surface area contributed by atoms with Gasteiger partial charge < -0.3 is 15.9 Å². The SMILES string of the molecule is Nc1nc(N)c2c(=O)c3cc(Cl)ccc3oc2n1. The third-order valence-corrected chi connectivity index (χ3v) is 2.78. The molecule has 7 heteroatoms. The van der Waals surface area contributed by atoms with E-state index >= 15 is 0 Å². The number of rotatable bonds is 0. The van der Waals surface area contributed by atoms with Gasteiger partial charge in [0.15, 0.2) is 0 Å². The van der Waals surface area contributed by atoms with Crippen LogP contribution >= 0.6 is 11.6 Å². The molecule has 2 heterocycles. The van der Waals surface area contributed by atoms with E-state index in [1.165, 1.54) is 6.07 Å². The first kappa shape index (κ1) is 10.8. The molecule has 0 bridgehead atoms. The van der Waals surface area contributed by atoms with Crippen molar-refractivity contribution in [3.63, 3.8) is 0 Å². The molecule has 0 fully saturated rings. The molecule has 0 spiro atoms. The van der Waals surface area contributed by atoms with E-state index in [0.717, 1.165) is 0 Å². The average Bonchev–Trinajstić information content (AvgIpc) is 2.29. The number of aromatic nitrogens is 2. The highest BCUT2D eigenvalue weighted by atomic mass is 35.5. The Morgan fingerprint density at radius 2 is 2.00 bits per heavy atom. The van der Waals surface area contributed by atoms with Gasteiger partial charge in [0.25, 0.3) is 0 Å². The number of hydrogen-bond donors (Lipinski definition) is 2. The van der Waals surface area contributed by atoms with Gasteiger partial charge in [-0.05, 0) is 18.2 Å². The molecule has 4 N–H and O–H groups in total. The monoisotopic (exact) mass is 262 g/mol. The molecule has 0 aliphatic carbocycles. The topological polar surface area (TPSA) is 108 Å². The molecule has 0 radical (unpaired) electrons. The Kier molecular flexibility index (Phi) is 2.14. The Morgan fingerprint density at radius 1 is 1.22 bits per heavy atom. The lowest BCUT2D eigenvalue weighted by atomic mass is 10.2. The number of nitrogens with zero attached hydrogens (tertiary/aromatic N) is 2. The van der Waals surface area contributed by atoms with Gasteiger partial charge in [0.2, 0.25) is 17.1 Å². The van der Waals surface area contributed by atoms with Crippen molar-refractivity contribution in [1.29, 1.82) is 0 Å². The quantitative estimate of drug-likeness (QED) is 0.595. The minimum atomic E-state index is -0.328. The van der Waals surface area contributed by atoms with E-state index in [-0.39, 0.29) is 28.3 Å². The normalized spacial score (nSPS) is 11.2. The highest BCUT2D eigenvalue weighted by Crippen LogP contribution is 2.22. The summed E-state index contributed by atoms with van der Waals surface area (Å²) in [5.41, 5.74) is 11.2. The van der Waals surface area contributed by atoms with Crippen molar-refractivity contribution in [2.24, 2.45) is 0 Å². The standard InChI is InChI=1S/C11H7ClN4O2/c12-4-1-2-6-5(3-4)8(17)7-9(13)15-11(14)16-10(7)18-6/h1-3H,(H4,13,14,15,16). The van der Waals surface area contributed by atoms with Crippen LogP contribution < -0.4 is 16.9 Å². The fourth-order valence-corrected chi connectivity index (χ4v) is 1.94. The van der Waals surface area contributed by atoms with Crippen LogP contribution in [0.3, 0.4) is 0 Å². The van der Waals surface area contributed by atoms with E-state index in [2.05, 4.69) is 9.97 Å². The summed E-state index contributed by atoms with van der Waals surface area (Å²) in [6.45, 7) is 0. The molecule has 0 saturated heterocycles. The first-order valence-electron chi connectivity index (χ1n) is 5.01. The zero-order chi connectivity index (χ0) is 12.9. The van der Waals surface area contributed by atoms with E-state index in [9.17, 15) is 4.79 Å². The van der Waals surface area contributed by atoms with Gasteiger partial charge in [0.05, 0.1) is 5.39 Å². The van der Waals surface area contributed by atoms with Gasteiger partial charge in [-0.1, -0.05) is 11.6 Å². The van der Waals surface area contributed by atoms with Gasteiger partial charge in [-0.2, -0.15) is 9.97 Å². The number of hydrogen-bond acceptors (Lipinski definition) is 6. The molecule has 0 atom stereocenters. The van der Waals surface area contributed by atoms with Crippen LogP contribution in [0.1, 0.15) is 0 Å². The molecule has 18 heavy (non-hydrogen) atoms. The number of fused-ring (bicyclic) bond motifs is 2. The number of halogens is 1. The zero-order valence-corrected chi connectivity index (χ0v) is 9.73. The smallest absolute Gasteiger partial charge is 0.237 e. The second-order valence-corrected chi connectivity index (χ2v) is 4.16. The highest BCUT2D eigenvalue weighted by molar-refractivity contribution is 6.31. The van der Waals surface area contributed by atoms with Crippen molar-refractivity contribution in [3.05, 3.63) is 33.4 Å². The average molecular weight is 263 g/mol. The zero-order valence-electron chi connectivity index (χ0n) is 8.98. The number of anilines is 2. The molecule has 1 aromatic carbocycles. The third-order valence-electron chi connectivity index (χ3n) is 2.54. The van der Waals surface area contributed by atoms with E-state index < -0.39 is 0 Å². The minimum Gasteiger partial charge on any atom is -0.437 e. The molecule has 3 aromatic rings. The maximum Gasteiger partial charge on any atom is 0.237 e. The lowest BCUT2D eigenvalue weighted by Gasteiger charge is -2.03. The lowest BCUT2D eigenvalue weighted by molar-refractivity contribution is 0.644. The molecule has 3 rings (SSSR count). The van der Waals surface area contributed by atoms with Gasteiger partial charge >= 0.3 is 0 Å². The summed E-state index contributed by atoms with van der Waals surface area (Å²) in [5, 5.41) is 0.873. The molecule has 0 saturated carbocycles. The first-order chi connectivity index (χ1) is 8.56. The fraction of sp³-hybridized carbons (Fsp3) is 0. The minimum absolute atomic E-state index is 0.00637. The molecule has 2 aromatic heterocycles. The molecular formula is C11H7ClN4O2. The van der Waals surface area contributed by atoms with Crippen molar-refractivity contribution in [1.82, 2.24) is 9.97 Å². The van der Waals surface area contributed by atoms with Crippen LogP contribution in [0.15, 0.2) is 27.4 Å². The first-order valence-corrected chi connectivity index (χ1v) is 5.39. The van der Waals surface area contributed by atoms with Gasteiger partial charge in [-0.25, -0.2) is 0 Å². The third kappa shape index (κ3) is 1.46. The fourth-order valence-electron chi connectivity index (χ4n) is 1.77. The second-order valence-electron chi connectivity index (χ2n) is 3.72. The summed E-state index contributed by atoms with van der Waals surface area (Å²) < 4.78 is 5.47. The summed E-state index contributed by atoms with van der Waals surface area (Å²) in [6, 6.07) is 4.72. The predicted molar refractivity (Wildman–Crippen MR) is 69.4 cm³/mol. The summed E-state index contributed by atoms with van der Waals surface area (Å²) in [7, 11) is 0. The van der Waals surface area contributed by atoms with Crippen LogP contribution in [-0.4, -0.2) is 9.97 Å². The van der Waals surface area contributed by atoms with Crippen LogP contribution in [0.5, 0.6) is 0 Å². The maximum atomic E-state index is 12.3. The van der Waals surface area contributed by atoms with E-state index in [1.54, 1.807) is 12.1 Å². The number of nitrogens with two attached hydrogens (primary N) is 2. The van der Waals surface area contributed by atoms with Crippen molar-refractivity contribution in [2.75, 3.05) is 11.5 Å². The summed E-state index contributed by atoms with van der Waals surface area (Å²) >= 11 is 5.84. The predicted octanol–water partition coefficient (Wildman–Crippen LogP) is 1.55. The summed E-state index contributed by atoms with van der Waals surface area (Å²) in [5.74, 6) is -0.0513. The Hall–Kier alpha value is -2.34. The van der Waals surface area contributed by atoms with Gasteiger partial charge in [0, 0.05) is 5.02 Å². The lowest BCUT2D eigenvalue weighted by Crippen LogP contribution is -2.09. The second kappa shape index (κ2) is 3.58. The summed E-state index contributed by atoms with van der Waals surface area (Å²) in [6.07, 6.45) is 0. The Bertz CT molecular complexity index is 844. The molecule has 0 aliphatic rings. The van der Waals surface area contributed by atoms with Crippen LogP contribution in [0.2, 0.25) is 5.02 Å². The van der Waals surface area contributed by atoms with E-state index in [4.69, 9.17) is 27.5 Å². The Balaban J connectivity index is 2.61. The van der Waals surface area contributed by atoms with Crippen molar-refractivity contribution >= 4 is 45.4 Å². The molecule has 0 unspecified atom stereocenters. The van der Waals surface area contributed by atoms with Gasteiger partial charge in [-0.3, -0.25) is 4.79 Å². The van der Waals surface area contributed by atoms with Gasteiger partial charge in [-0.15, -0.1) is 0 Å². The van der Waals surface area contributed by atoms with E-state index in [1.807, 2.05) is 0 Å². The van der Waals surface area contributed by atoms with Crippen molar-refractivity contribution < 1.29 is 4.42 Å².